The molecule has 37 heavy (non-hydrogen) atoms. The second-order valence-corrected chi connectivity index (χ2v) is 9.25. The fraction of sp³-hybridized carbons (Fsp3) is 0.276. The van der Waals surface area contributed by atoms with Crippen molar-refractivity contribution in [2.24, 2.45) is 0 Å². The molecule has 3 aromatic rings. The lowest BCUT2D eigenvalue weighted by molar-refractivity contribution is 0.0598. The molecule has 3 aromatic carbocycles. The third kappa shape index (κ3) is 4.97. The van der Waals surface area contributed by atoms with E-state index in [0.717, 1.165) is 30.9 Å². The number of rotatable bonds is 7. The molecule has 190 valence electrons. The van der Waals surface area contributed by atoms with Crippen LogP contribution in [-0.2, 0) is 17.7 Å². The number of halogens is 1. The Labute approximate surface area is 215 Å². The smallest absolute Gasteiger partial charge is 0.337 e. The summed E-state index contributed by atoms with van der Waals surface area (Å²) in [7, 11) is 1.37. The molecule has 2 aliphatic rings. The number of esters is 1. The molecule has 0 spiro atoms. The van der Waals surface area contributed by atoms with Gasteiger partial charge in [-0.25, -0.2) is 9.18 Å². The van der Waals surface area contributed by atoms with Crippen LogP contribution in [0, 0.1) is 5.82 Å². The number of amides is 2. The van der Waals surface area contributed by atoms with Crippen molar-refractivity contribution in [1.82, 2.24) is 9.80 Å². The minimum absolute atomic E-state index is 0.134. The van der Waals surface area contributed by atoms with Gasteiger partial charge in [0.05, 0.1) is 29.5 Å². The van der Waals surface area contributed by atoms with Crippen molar-refractivity contribution in [3.63, 3.8) is 0 Å². The molecule has 2 amide bonds. The average molecular weight is 502 g/mol. The van der Waals surface area contributed by atoms with Crippen LogP contribution < -0.4 is 4.90 Å². The van der Waals surface area contributed by atoms with E-state index in [4.69, 9.17) is 4.74 Å². The summed E-state index contributed by atoms with van der Waals surface area (Å²) >= 11 is 0. The number of hydrogen-bond donors (Lipinski definition) is 0. The summed E-state index contributed by atoms with van der Waals surface area (Å²) in [6, 6.07) is 19.2. The van der Waals surface area contributed by atoms with Crippen molar-refractivity contribution >= 4 is 23.5 Å². The summed E-state index contributed by atoms with van der Waals surface area (Å²) < 4.78 is 18.8. The zero-order valence-corrected chi connectivity index (χ0v) is 20.7. The molecule has 0 radical (unpaired) electrons. The van der Waals surface area contributed by atoms with Gasteiger partial charge < -0.3 is 9.64 Å². The van der Waals surface area contributed by atoms with Gasteiger partial charge in [0, 0.05) is 39.3 Å². The summed E-state index contributed by atoms with van der Waals surface area (Å²) in [5.74, 6) is -1.33. The maximum absolute atomic E-state index is 14.0. The molecule has 0 N–H and O–H groups in total. The molecule has 0 aliphatic carbocycles. The van der Waals surface area contributed by atoms with Crippen molar-refractivity contribution in [3.8, 4) is 0 Å². The quantitative estimate of drug-likeness (QED) is 0.363. The van der Waals surface area contributed by atoms with Gasteiger partial charge in [-0.05, 0) is 47.9 Å². The molecule has 0 atom stereocenters. The van der Waals surface area contributed by atoms with E-state index in [0.29, 0.717) is 35.3 Å². The van der Waals surface area contributed by atoms with Gasteiger partial charge in [0.15, 0.2) is 0 Å². The molecule has 0 unspecified atom stereocenters. The minimum Gasteiger partial charge on any atom is -0.465 e. The van der Waals surface area contributed by atoms with E-state index in [2.05, 4.69) is 9.80 Å². The predicted octanol–water partition coefficient (Wildman–Crippen LogP) is 3.77. The SMILES string of the molecule is COC(=O)c1ccc(CN2CCN(c3cccc4c3C(=O)N(CCc3ccccc3F)C4=O)CC2)cc1. The van der Waals surface area contributed by atoms with Crippen molar-refractivity contribution in [1.29, 1.82) is 0 Å². The molecule has 0 saturated carbocycles. The highest BCUT2D eigenvalue weighted by molar-refractivity contribution is 6.23. The second kappa shape index (κ2) is 10.5. The highest BCUT2D eigenvalue weighted by Gasteiger charge is 2.38. The standard InChI is InChI=1S/C29H28FN3O4/c1-37-29(36)22-11-9-20(10-12-22)19-31-15-17-32(18-16-31)25-8-4-6-23-26(25)28(35)33(27(23)34)14-13-21-5-2-3-7-24(21)30/h2-12H,13-19H2,1H3. The van der Waals surface area contributed by atoms with Crippen LogP contribution in [0.2, 0.25) is 0 Å². The van der Waals surface area contributed by atoms with Crippen LogP contribution in [0.3, 0.4) is 0 Å². The van der Waals surface area contributed by atoms with Gasteiger partial charge in [-0.15, -0.1) is 0 Å². The largest absolute Gasteiger partial charge is 0.465 e. The summed E-state index contributed by atoms with van der Waals surface area (Å²) in [5.41, 5.74) is 3.72. The van der Waals surface area contributed by atoms with Crippen LogP contribution in [0.1, 0.15) is 42.2 Å². The number of nitrogens with zero attached hydrogens (tertiary/aromatic N) is 3. The lowest BCUT2D eigenvalue weighted by Gasteiger charge is -2.36. The topological polar surface area (TPSA) is 70.2 Å². The minimum atomic E-state index is -0.352. The highest BCUT2D eigenvalue weighted by Crippen LogP contribution is 2.32. The van der Waals surface area contributed by atoms with Gasteiger partial charge in [0.25, 0.3) is 11.8 Å². The maximum atomic E-state index is 14.0. The number of carbonyl (C=O) groups is 3. The molecule has 1 saturated heterocycles. The van der Waals surface area contributed by atoms with E-state index >= 15 is 0 Å². The fourth-order valence-corrected chi connectivity index (χ4v) is 4.98. The number of anilines is 1. The molecule has 5 rings (SSSR count). The first kappa shape index (κ1) is 24.6. The van der Waals surface area contributed by atoms with Crippen LogP contribution in [0.4, 0.5) is 10.1 Å². The molecule has 2 aliphatic heterocycles. The van der Waals surface area contributed by atoms with E-state index in [9.17, 15) is 18.8 Å². The number of hydrogen-bond acceptors (Lipinski definition) is 6. The van der Waals surface area contributed by atoms with Crippen LogP contribution >= 0.6 is 0 Å². The molecular weight excluding hydrogens is 473 g/mol. The number of benzene rings is 3. The molecule has 1 fully saturated rings. The Bertz CT molecular complexity index is 1330. The molecule has 8 heteroatoms. The molecule has 0 bridgehead atoms. The number of piperazine rings is 1. The first-order chi connectivity index (χ1) is 18.0. The van der Waals surface area contributed by atoms with E-state index in [-0.39, 0.29) is 36.6 Å². The van der Waals surface area contributed by atoms with Crippen LogP contribution in [0.5, 0.6) is 0 Å². The number of methoxy groups -OCH3 is 1. The van der Waals surface area contributed by atoms with Gasteiger partial charge in [-0.1, -0.05) is 36.4 Å². The molecule has 0 aromatic heterocycles. The van der Waals surface area contributed by atoms with Gasteiger partial charge in [0.1, 0.15) is 5.82 Å². The monoisotopic (exact) mass is 501 g/mol. The van der Waals surface area contributed by atoms with Crippen molar-refractivity contribution in [3.05, 3.63) is 100 Å². The van der Waals surface area contributed by atoms with Crippen LogP contribution in [-0.4, -0.2) is 67.4 Å². The number of imide groups is 1. The van der Waals surface area contributed by atoms with Crippen LogP contribution in [0.15, 0.2) is 66.7 Å². The van der Waals surface area contributed by atoms with E-state index in [1.807, 2.05) is 24.3 Å². The Morgan fingerprint density at radius 2 is 1.62 bits per heavy atom. The highest BCUT2D eigenvalue weighted by atomic mass is 19.1. The van der Waals surface area contributed by atoms with Crippen molar-refractivity contribution < 1.29 is 23.5 Å². The van der Waals surface area contributed by atoms with Crippen molar-refractivity contribution in [2.45, 2.75) is 13.0 Å². The Balaban J connectivity index is 1.24. The van der Waals surface area contributed by atoms with E-state index in [1.165, 1.54) is 18.1 Å². The number of ether oxygens (including phenoxy) is 1. The predicted molar refractivity (Wildman–Crippen MR) is 137 cm³/mol. The van der Waals surface area contributed by atoms with Gasteiger partial charge in [-0.3, -0.25) is 19.4 Å². The molecular formula is C29H28FN3O4. The van der Waals surface area contributed by atoms with Gasteiger partial charge in [-0.2, -0.15) is 0 Å². The zero-order chi connectivity index (χ0) is 25.9. The zero-order valence-electron chi connectivity index (χ0n) is 20.7. The lowest BCUT2D eigenvalue weighted by Crippen LogP contribution is -2.46. The summed E-state index contributed by atoms with van der Waals surface area (Å²) in [6.45, 7) is 3.91. The fourth-order valence-electron chi connectivity index (χ4n) is 4.98. The number of fused-ring (bicyclic) bond motifs is 1. The first-order valence-corrected chi connectivity index (χ1v) is 12.3. The second-order valence-electron chi connectivity index (χ2n) is 9.25. The summed E-state index contributed by atoms with van der Waals surface area (Å²) in [4.78, 5) is 43.7. The Kier molecular flexibility index (Phi) is 7.01. The van der Waals surface area contributed by atoms with Gasteiger partial charge >= 0.3 is 5.97 Å². The van der Waals surface area contributed by atoms with Crippen LogP contribution in [0.25, 0.3) is 0 Å². The molecule has 2 heterocycles. The van der Waals surface area contributed by atoms with E-state index < -0.39 is 0 Å². The third-order valence-electron chi connectivity index (χ3n) is 7.03. The van der Waals surface area contributed by atoms with Gasteiger partial charge in [0.2, 0.25) is 0 Å². The Morgan fingerprint density at radius 1 is 0.892 bits per heavy atom. The number of carbonyl (C=O) groups excluding carboxylic acids is 3. The third-order valence-corrected chi connectivity index (χ3v) is 7.03. The summed E-state index contributed by atoms with van der Waals surface area (Å²) in [6.07, 6.45) is 0.271. The Hall–Kier alpha value is -4.04. The summed E-state index contributed by atoms with van der Waals surface area (Å²) in [5, 5.41) is 0. The van der Waals surface area contributed by atoms with Crippen molar-refractivity contribution in [2.75, 3.05) is 44.7 Å². The molecule has 7 nitrogen and oxygen atoms in total. The Morgan fingerprint density at radius 3 is 2.32 bits per heavy atom. The maximum Gasteiger partial charge on any atom is 0.337 e. The van der Waals surface area contributed by atoms with E-state index in [1.54, 1.807) is 36.4 Å². The normalized spacial score (nSPS) is 15.7. The average Bonchev–Trinajstić information content (AvgIpc) is 3.18. The first-order valence-electron chi connectivity index (χ1n) is 12.3. The lowest BCUT2D eigenvalue weighted by atomic mass is 10.1.